The summed E-state index contributed by atoms with van der Waals surface area (Å²) >= 11 is 0. The lowest BCUT2D eigenvalue weighted by Crippen LogP contribution is -2.43. The molecule has 0 bridgehead atoms. The minimum Gasteiger partial charge on any atom is -0.480 e. The van der Waals surface area contributed by atoms with Crippen molar-refractivity contribution in [2.45, 2.75) is 19.4 Å². The van der Waals surface area contributed by atoms with Gasteiger partial charge in [-0.1, -0.05) is 12.1 Å². The van der Waals surface area contributed by atoms with Crippen LogP contribution in [0.25, 0.3) is 0 Å². The SMILES string of the molecule is O=C(O)CN(CC1CC1)C(=O)NCc1ccc(F)cc1. The molecule has 108 valence electrons. The molecule has 0 spiro atoms. The number of urea groups is 1. The molecule has 1 fully saturated rings. The molecule has 5 nitrogen and oxygen atoms in total. The zero-order valence-electron chi connectivity index (χ0n) is 11.0. The lowest BCUT2D eigenvalue weighted by Gasteiger charge is -2.21. The standard InChI is InChI=1S/C14H17FN2O3/c15-12-5-3-10(4-6-12)7-16-14(20)17(9-13(18)19)8-11-1-2-11/h3-6,11H,1-2,7-9H2,(H,16,20)(H,18,19). The van der Waals surface area contributed by atoms with Crippen molar-refractivity contribution in [2.75, 3.05) is 13.1 Å². The Morgan fingerprint density at radius 2 is 1.95 bits per heavy atom. The van der Waals surface area contributed by atoms with Crippen LogP contribution in [0.15, 0.2) is 24.3 Å². The van der Waals surface area contributed by atoms with Crippen LogP contribution in [0.4, 0.5) is 9.18 Å². The molecule has 1 aromatic carbocycles. The van der Waals surface area contributed by atoms with E-state index < -0.39 is 12.0 Å². The molecule has 1 saturated carbocycles. The fourth-order valence-corrected chi connectivity index (χ4v) is 1.89. The van der Waals surface area contributed by atoms with Gasteiger partial charge in [-0.15, -0.1) is 0 Å². The Hall–Kier alpha value is -2.11. The molecule has 0 heterocycles. The van der Waals surface area contributed by atoms with E-state index in [0.717, 1.165) is 18.4 Å². The summed E-state index contributed by atoms with van der Waals surface area (Å²) in [7, 11) is 0. The normalized spacial score (nSPS) is 13.8. The topological polar surface area (TPSA) is 69.6 Å². The Morgan fingerprint density at radius 3 is 2.50 bits per heavy atom. The molecular weight excluding hydrogens is 263 g/mol. The van der Waals surface area contributed by atoms with Gasteiger partial charge < -0.3 is 15.3 Å². The van der Waals surface area contributed by atoms with Crippen molar-refractivity contribution in [3.63, 3.8) is 0 Å². The highest BCUT2D eigenvalue weighted by atomic mass is 19.1. The lowest BCUT2D eigenvalue weighted by atomic mass is 10.2. The summed E-state index contributed by atoms with van der Waals surface area (Å²) < 4.78 is 12.7. The van der Waals surface area contributed by atoms with Gasteiger partial charge in [0.25, 0.3) is 0 Å². The summed E-state index contributed by atoms with van der Waals surface area (Å²) in [5, 5.41) is 11.5. The van der Waals surface area contributed by atoms with E-state index in [1.54, 1.807) is 12.1 Å². The van der Waals surface area contributed by atoms with Crippen molar-refractivity contribution in [3.05, 3.63) is 35.6 Å². The van der Waals surface area contributed by atoms with Crippen LogP contribution in [0.1, 0.15) is 18.4 Å². The lowest BCUT2D eigenvalue weighted by molar-refractivity contribution is -0.137. The van der Waals surface area contributed by atoms with Crippen molar-refractivity contribution < 1.29 is 19.1 Å². The second-order valence-electron chi connectivity index (χ2n) is 5.00. The van der Waals surface area contributed by atoms with E-state index in [0.29, 0.717) is 12.5 Å². The molecule has 2 amide bonds. The summed E-state index contributed by atoms with van der Waals surface area (Å²) in [4.78, 5) is 24.0. The van der Waals surface area contributed by atoms with Crippen LogP contribution < -0.4 is 5.32 Å². The number of rotatable bonds is 6. The van der Waals surface area contributed by atoms with Gasteiger partial charge in [-0.25, -0.2) is 9.18 Å². The maximum atomic E-state index is 12.7. The molecule has 1 aliphatic rings. The minimum absolute atomic E-state index is 0.250. The van der Waals surface area contributed by atoms with Crippen molar-refractivity contribution in [1.82, 2.24) is 10.2 Å². The number of carbonyl (C=O) groups excluding carboxylic acids is 1. The Labute approximate surface area is 116 Å². The monoisotopic (exact) mass is 280 g/mol. The first-order valence-electron chi connectivity index (χ1n) is 6.53. The Morgan fingerprint density at radius 1 is 1.30 bits per heavy atom. The molecule has 0 atom stereocenters. The van der Waals surface area contributed by atoms with Gasteiger partial charge in [-0.05, 0) is 36.5 Å². The smallest absolute Gasteiger partial charge is 0.323 e. The van der Waals surface area contributed by atoms with E-state index >= 15 is 0 Å². The third kappa shape index (κ3) is 4.53. The molecule has 1 aromatic rings. The predicted molar refractivity (Wildman–Crippen MR) is 70.6 cm³/mol. The van der Waals surface area contributed by atoms with E-state index in [1.807, 2.05) is 0 Å². The van der Waals surface area contributed by atoms with Gasteiger partial charge in [-0.3, -0.25) is 4.79 Å². The molecule has 1 aliphatic carbocycles. The minimum atomic E-state index is -1.03. The number of carboxylic acids is 1. The molecule has 20 heavy (non-hydrogen) atoms. The highest BCUT2D eigenvalue weighted by Gasteiger charge is 2.27. The number of nitrogens with one attached hydrogen (secondary N) is 1. The third-order valence-electron chi connectivity index (χ3n) is 3.15. The molecule has 6 heteroatoms. The summed E-state index contributed by atoms with van der Waals surface area (Å²) in [5.41, 5.74) is 0.765. The summed E-state index contributed by atoms with van der Waals surface area (Å²) in [6.07, 6.45) is 2.09. The zero-order valence-corrected chi connectivity index (χ0v) is 11.0. The molecule has 0 radical (unpaired) electrons. The number of hydrogen-bond donors (Lipinski definition) is 2. The van der Waals surface area contributed by atoms with Crippen molar-refractivity contribution in [1.29, 1.82) is 0 Å². The fourth-order valence-electron chi connectivity index (χ4n) is 1.89. The first-order chi connectivity index (χ1) is 9.54. The number of carbonyl (C=O) groups is 2. The molecule has 0 aromatic heterocycles. The largest absolute Gasteiger partial charge is 0.480 e. The van der Waals surface area contributed by atoms with Crippen LogP contribution in [0.5, 0.6) is 0 Å². The van der Waals surface area contributed by atoms with Crippen LogP contribution in [-0.2, 0) is 11.3 Å². The molecule has 2 N–H and O–H groups in total. The third-order valence-corrected chi connectivity index (χ3v) is 3.15. The number of aliphatic carboxylic acids is 1. The van der Waals surface area contributed by atoms with Gasteiger partial charge in [0, 0.05) is 13.1 Å². The van der Waals surface area contributed by atoms with E-state index in [4.69, 9.17) is 5.11 Å². The fraction of sp³-hybridized carbons (Fsp3) is 0.429. The average Bonchev–Trinajstić information content (AvgIpc) is 3.20. The Balaban J connectivity index is 1.86. The van der Waals surface area contributed by atoms with Crippen LogP contribution >= 0.6 is 0 Å². The van der Waals surface area contributed by atoms with Crippen LogP contribution in [0.2, 0.25) is 0 Å². The molecular formula is C14H17FN2O3. The number of nitrogens with zero attached hydrogens (tertiary/aromatic N) is 1. The number of hydrogen-bond acceptors (Lipinski definition) is 2. The summed E-state index contributed by atoms with van der Waals surface area (Å²) in [6, 6.07) is 5.40. The average molecular weight is 280 g/mol. The quantitative estimate of drug-likeness (QED) is 0.835. The van der Waals surface area contributed by atoms with Gasteiger partial charge in [0.1, 0.15) is 12.4 Å². The predicted octanol–water partition coefficient (Wildman–Crippen LogP) is 1.83. The molecule has 0 unspecified atom stereocenters. The van der Waals surface area contributed by atoms with Gasteiger partial charge in [-0.2, -0.15) is 0 Å². The number of amides is 2. The highest BCUT2D eigenvalue weighted by molar-refractivity contribution is 5.80. The van der Waals surface area contributed by atoms with Gasteiger partial charge in [0.2, 0.25) is 0 Å². The Bertz CT molecular complexity index is 486. The van der Waals surface area contributed by atoms with E-state index in [9.17, 15) is 14.0 Å². The van der Waals surface area contributed by atoms with Gasteiger partial charge in [0.15, 0.2) is 0 Å². The second-order valence-corrected chi connectivity index (χ2v) is 5.00. The van der Waals surface area contributed by atoms with E-state index in [-0.39, 0.29) is 18.9 Å². The number of carboxylic acid groups (broad SMARTS) is 1. The molecule has 2 rings (SSSR count). The van der Waals surface area contributed by atoms with Crippen molar-refractivity contribution in [2.24, 2.45) is 5.92 Å². The maximum Gasteiger partial charge on any atom is 0.323 e. The van der Waals surface area contributed by atoms with E-state index in [2.05, 4.69) is 5.32 Å². The van der Waals surface area contributed by atoms with E-state index in [1.165, 1.54) is 17.0 Å². The molecule has 0 saturated heterocycles. The maximum absolute atomic E-state index is 12.7. The first kappa shape index (κ1) is 14.3. The highest BCUT2D eigenvalue weighted by Crippen LogP contribution is 2.29. The van der Waals surface area contributed by atoms with Crippen LogP contribution in [0, 0.1) is 11.7 Å². The first-order valence-corrected chi connectivity index (χ1v) is 6.53. The summed E-state index contributed by atoms with van der Waals surface area (Å²) in [5.74, 6) is -0.935. The number of halogens is 1. The van der Waals surface area contributed by atoms with Gasteiger partial charge in [0.05, 0.1) is 0 Å². The molecule has 0 aliphatic heterocycles. The van der Waals surface area contributed by atoms with Crippen molar-refractivity contribution in [3.8, 4) is 0 Å². The second kappa shape index (κ2) is 6.36. The number of benzene rings is 1. The van der Waals surface area contributed by atoms with Crippen LogP contribution in [0.3, 0.4) is 0 Å². The zero-order chi connectivity index (χ0) is 14.5. The summed E-state index contributed by atoms with van der Waals surface area (Å²) in [6.45, 7) is 0.424. The van der Waals surface area contributed by atoms with Gasteiger partial charge >= 0.3 is 12.0 Å². The Kier molecular flexibility index (Phi) is 4.55. The van der Waals surface area contributed by atoms with Crippen LogP contribution in [-0.4, -0.2) is 35.1 Å². The van der Waals surface area contributed by atoms with Crippen molar-refractivity contribution >= 4 is 12.0 Å².